The SMILES string of the molecule is COC(=O)c1ccccc1NC(=O)C12CC3CC(C1)CC(n1cncn1)(C3)C2. The second-order valence-corrected chi connectivity index (χ2v) is 8.80. The summed E-state index contributed by atoms with van der Waals surface area (Å²) in [5, 5.41) is 7.50. The van der Waals surface area contributed by atoms with Gasteiger partial charge in [0.1, 0.15) is 12.7 Å². The van der Waals surface area contributed by atoms with Gasteiger partial charge in [-0.2, -0.15) is 5.10 Å². The zero-order chi connectivity index (χ0) is 19.4. The molecule has 2 unspecified atom stereocenters. The summed E-state index contributed by atoms with van der Waals surface area (Å²) in [6, 6.07) is 7.03. The van der Waals surface area contributed by atoms with Crippen molar-refractivity contribution in [2.75, 3.05) is 12.4 Å². The predicted octanol–water partition coefficient (Wildman–Crippen LogP) is 3.00. The summed E-state index contributed by atoms with van der Waals surface area (Å²) < 4.78 is 6.86. The zero-order valence-electron chi connectivity index (χ0n) is 15.9. The topological polar surface area (TPSA) is 86.1 Å². The van der Waals surface area contributed by atoms with E-state index in [0.29, 0.717) is 23.1 Å². The van der Waals surface area contributed by atoms with Crippen molar-refractivity contribution < 1.29 is 14.3 Å². The molecule has 7 heteroatoms. The number of amides is 1. The monoisotopic (exact) mass is 380 g/mol. The van der Waals surface area contributed by atoms with Gasteiger partial charge in [0.05, 0.1) is 29.3 Å². The van der Waals surface area contributed by atoms with Crippen LogP contribution in [-0.4, -0.2) is 33.8 Å². The fourth-order valence-electron chi connectivity index (χ4n) is 6.34. The Kier molecular flexibility index (Phi) is 3.82. The minimum atomic E-state index is -0.444. The maximum atomic E-state index is 13.5. The van der Waals surface area contributed by atoms with E-state index in [1.807, 2.05) is 10.7 Å². The van der Waals surface area contributed by atoms with Gasteiger partial charge in [0, 0.05) is 0 Å². The Labute approximate surface area is 163 Å². The average molecular weight is 380 g/mol. The normalized spacial score (nSPS) is 32.9. The standard InChI is InChI=1S/C21H24N4O3/c1-28-18(26)16-4-2-3-5-17(16)24-19(27)20-7-14-6-15(8-20)10-21(9-14,11-20)25-13-22-12-23-25/h2-5,12-15H,6-11H2,1H3,(H,24,27). The van der Waals surface area contributed by atoms with E-state index in [1.165, 1.54) is 13.5 Å². The molecule has 0 aliphatic heterocycles. The predicted molar refractivity (Wildman–Crippen MR) is 102 cm³/mol. The number of para-hydroxylation sites is 1. The molecule has 4 fully saturated rings. The van der Waals surface area contributed by atoms with Gasteiger partial charge in [-0.15, -0.1) is 0 Å². The fourth-order valence-corrected chi connectivity index (χ4v) is 6.34. The summed E-state index contributed by atoms with van der Waals surface area (Å²) in [6.07, 6.45) is 9.32. The van der Waals surface area contributed by atoms with Gasteiger partial charge in [0.15, 0.2) is 0 Å². The minimum Gasteiger partial charge on any atom is -0.465 e. The molecule has 0 spiro atoms. The van der Waals surface area contributed by atoms with Gasteiger partial charge in [0.25, 0.3) is 0 Å². The van der Waals surface area contributed by atoms with Crippen LogP contribution in [0.3, 0.4) is 0 Å². The van der Waals surface area contributed by atoms with Crippen molar-refractivity contribution in [2.24, 2.45) is 17.3 Å². The van der Waals surface area contributed by atoms with E-state index in [-0.39, 0.29) is 11.4 Å². The van der Waals surface area contributed by atoms with Crippen molar-refractivity contribution in [3.8, 4) is 0 Å². The van der Waals surface area contributed by atoms with Crippen LogP contribution in [0.25, 0.3) is 0 Å². The number of aromatic nitrogens is 3. The van der Waals surface area contributed by atoms with Crippen molar-refractivity contribution >= 4 is 17.6 Å². The van der Waals surface area contributed by atoms with Crippen LogP contribution in [0.5, 0.6) is 0 Å². The molecular formula is C21H24N4O3. The van der Waals surface area contributed by atoms with Crippen LogP contribution in [0.1, 0.15) is 48.9 Å². The lowest BCUT2D eigenvalue weighted by Gasteiger charge is -2.60. The molecule has 7 nitrogen and oxygen atoms in total. The van der Waals surface area contributed by atoms with Crippen LogP contribution >= 0.6 is 0 Å². The molecule has 146 valence electrons. The highest BCUT2D eigenvalue weighted by Crippen LogP contribution is 2.64. The third-order valence-corrected chi connectivity index (χ3v) is 7.00. The van der Waals surface area contributed by atoms with Crippen molar-refractivity contribution in [2.45, 2.75) is 44.1 Å². The quantitative estimate of drug-likeness (QED) is 0.824. The van der Waals surface area contributed by atoms with E-state index >= 15 is 0 Å². The second kappa shape index (κ2) is 6.15. The number of methoxy groups -OCH3 is 1. The number of carbonyl (C=O) groups excluding carboxylic acids is 2. The Hall–Kier alpha value is -2.70. The molecule has 4 aliphatic carbocycles. The molecule has 1 heterocycles. The third-order valence-electron chi connectivity index (χ3n) is 7.00. The van der Waals surface area contributed by atoms with E-state index in [1.54, 1.807) is 30.9 Å². The van der Waals surface area contributed by atoms with Crippen LogP contribution in [0.15, 0.2) is 36.9 Å². The van der Waals surface area contributed by atoms with Crippen LogP contribution in [0.2, 0.25) is 0 Å². The van der Waals surface area contributed by atoms with Gasteiger partial charge in [-0.1, -0.05) is 12.1 Å². The van der Waals surface area contributed by atoms with E-state index in [0.717, 1.165) is 32.1 Å². The van der Waals surface area contributed by atoms with Gasteiger partial charge in [-0.25, -0.2) is 14.5 Å². The van der Waals surface area contributed by atoms with Crippen molar-refractivity contribution in [1.29, 1.82) is 0 Å². The molecule has 4 saturated carbocycles. The Morgan fingerprint density at radius 1 is 1.18 bits per heavy atom. The molecule has 2 aromatic rings. The maximum absolute atomic E-state index is 13.5. The van der Waals surface area contributed by atoms with E-state index in [9.17, 15) is 9.59 Å². The van der Waals surface area contributed by atoms with Gasteiger partial charge >= 0.3 is 5.97 Å². The number of anilines is 1. The molecule has 0 saturated heterocycles. The van der Waals surface area contributed by atoms with E-state index < -0.39 is 11.4 Å². The summed E-state index contributed by atoms with van der Waals surface area (Å²) in [4.78, 5) is 29.8. The molecule has 1 aromatic heterocycles. The molecule has 4 aliphatic rings. The molecule has 4 bridgehead atoms. The Bertz CT molecular complexity index is 909. The Morgan fingerprint density at radius 2 is 1.93 bits per heavy atom. The first-order chi connectivity index (χ1) is 13.5. The minimum absolute atomic E-state index is 0.0162. The summed E-state index contributed by atoms with van der Waals surface area (Å²) >= 11 is 0. The number of nitrogens with zero attached hydrogens (tertiary/aromatic N) is 3. The molecule has 2 atom stereocenters. The van der Waals surface area contributed by atoms with Gasteiger partial charge < -0.3 is 10.1 Å². The maximum Gasteiger partial charge on any atom is 0.339 e. The summed E-state index contributed by atoms with van der Waals surface area (Å²) in [6.45, 7) is 0. The van der Waals surface area contributed by atoms with Crippen LogP contribution in [0, 0.1) is 17.3 Å². The fraction of sp³-hybridized carbons (Fsp3) is 0.524. The zero-order valence-corrected chi connectivity index (χ0v) is 15.9. The number of benzene rings is 1. The highest BCUT2D eigenvalue weighted by Gasteiger charge is 2.61. The summed E-state index contributed by atoms with van der Waals surface area (Å²) in [5.41, 5.74) is 0.373. The van der Waals surface area contributed by atoms with Gasteiger partial charge in [-0.05, 0) is 62.5 Å². The van der Waals surface area contributed by atoms with Crippen molar-refractivity contribution in [1.82, 2.24) is 14.8 Å². The number of hydrogen-bond acceptors (Lipinski definition) is 5. The van der Waals surface area contributed by atoms with Gasteiger partial charge in [0.2, 0.25) is 5.91 Å². The molecule has 1 aromatic carbocycles. The van der Waals surface area contributed by atoms with Crippen LogP contribution in [0.4, 0.5) is 5.69 Å². The number of hydrogen-bond donors (Lipinski definition) is 1. The summed E-state index contributed by atoms with van der Waals surface area (Å²) in [7, 11) is 1.35. The first-order valence-electron chi connectivity index (χ1n) is 9.88. The van der Waals surface area contributed by atoms with Crippen LogP contribution in [-0.2, 0) is 15.1 Å². The van der Waals surface area contributed by atoms with E-state index in [2.05, 4.69) is 15.4 Å². The highest BCUT2D eigenvalue weighted by molar-refractivity contribution is 6.03. The second-order valence-electron chi connectivity index (χ2n) is 8.80. The Balaban J connectivity index is 1.47. The lowest BCUT2D eigenvalue weighted by Crippen LogP contribution is -2.60. The smallest absolute Gasteiger partial charge is 0.339 e. The lowest BCUT2D eigenvalue weighted by atomic mass is 9.46. The highest BCUT2D eigenvalue weighted by atomic mass is 16.5. The molecule has 1 N–H and O–H groups in total. The molecule has 1 amide bonds. The number of ether oxygens (including phenoxy) is 1. The number of esters is 1. The Morgan fingerprint density at radius 3 is 2.61 bits per heavy atom. The van der Waals surface area contributed by atoms with Crippen LogP contribution < -0.4 is 5.32 Å². The number of nitrogens with one attached hydrogen (secondary N) is 1. The first-order valence-corrected chi connectivity index (χ1v) is 9.88. The molecule has 0 radical (unpaired) electrons. The molecule has 28 heavy (non-hydrogen) atoms. The van der Waals surface area contributed by atoms with Crippen molar-refractivity contribution in [3.63, 3.8) is 0 Å². The van der Waals surface area contributed by atoms with Crippen molar-refractivity contribution in [3.05, 3.63) is 42.5 Å². The lowest BCUT2D eigenvalue weighted by molar-refractivity contribution is -0.150. The summed E-state index contributed by atoms with van der Waals surface area (Å²) in [5.74, 6) is 0.641. The number of rotatable bonds is 4. The van der Waals surface area contributed by atoms with Gasteiger partial charge in [-0.3, -0.25) is 4.79 Å². The van der Waals surface area contributed by atoms with E-state index in [4.69, 9.17) is 4.74 Å². The molecular weight excluding hydrogens is 356 g/mol. The largest absolute Gasteiger partial charge is 0.465 e. The average Bonchev–Trinajstić information content (AvgIpc) is 3.22. The first kappa shape index (κ1) is 17.4. The third kappa shape index (κ3) is 2.56. The molecule has 6 rings (SSSR count). The number of carbonyl (C=O) groups is 2.